The zero-order chi connectivity index (χ0) is 16.5. The van der Waals surface area contributed by atoms with Crippen molar-refractivity contribution in [3.63, 3.8) is 0 Å². The first-order valence-corrected chi connectivity index (χ1v) is 8.23. The number of benzene rings is 2. The summed E-state index contributed by atoms with van der Waals surface area (Å²) in [6.07, 6.45) is 3.49. The maximum Gasteiger partial charge on any atom is 0.216 e. The minimum Gasteiger partial charge on any atom is -0.494 e. The number of ether oxygens (including phenoxy) is 2. The largest absolute Gasteiger partial charge is 0.494 e. The van der Waals surface area contributed by atoms with Crippen LogP contribution in [0.15, 0.2) is 36.4 Å². The average molecular weight is 315 g/mol. The molecule has 0 aliphatic heterocycles. The highest BCUT2D eigenvalue weighted by Gasteiger charge is 2.01. The molecule has 0 bridgehead atoms. The van der Waals surface area contributed by atoms with Gasteiger partial charge in [-0.2, -0.15) is 0 Å². The fourth-order valence-corrected chi connectivity index (χ4v) is 2.32. The minimum absolute atomic E-state index is 0.0430. The molecule has 2 aromatic carbocycles. The van der Waals surface area contributed by atoms with Crippen molar-refractivity contribution in [1.29, 1.82) is 0 Å². The van der Waals surface area contributed by atoms with Crippen LogP contribution in [0.25, 0.3) is 10.8 Å². The minimum atomic E-state index is -0.0430. The SMILES string of the molecule is CCCCCOc1ccc2cc(OCCNC(C)=O)ccc2c1. The van der Waals surface area contributed by atoms with E-state index in [1.54, 1.807) is 0 Å². The average Bonchev–Trinajstić information content (AvgIpc) is 2.55. The van der Waals surface area contributed by atoms with E-state index in [0.29, 0.717) is 13.2 Å². The number of carbonyl (C=O) groups is 1. The van der Waals surface area contributed by atoms with Crippen LogP contribution in [-0.4, -0.2) is 25.7 Å². The Balaban J connectivity index is 1.91. The van der Waals surface area contributed by atoms with E-state index in [1.807, 2.05) is 30.3 Å². The van der Waals surface area contributed by atoms with E-state index in [1.165, 1.54) is 19.8 Å². The van der Waals surface area contributed by atoms with Gasteiger partial charge in [0.15, 0.2) is 0 Å². The summed E-state index contributed by atoms with van der Waals surface area (Å²) in [5.74, 6) is 1.67. The van der Waals surface area contributed by atoms with Crippen molar-refractivity contribution in [2.75, 3.05) is 19.8 Å². The first-order valence-electron chi connectivity index (χ1n) is 8.23. The van der Waals surface area contributed by atoms with Crippen LogP contribution in [0.2, 0.25) is 0 Å². The standard InChI is InChI=1S/C19H25NO3/c1-3-4-5-11-22-18-8-6-17-14-19(9-7-16(17)13-18)23-12-10-20-15(2)21/h6-9,13-14H,3-5,10-12H2,1-2H3,(H,20,21). The van der Waals surface area contributed by atoms with Gasteiger partial charge >= 0.3 is 0 Å². The molecule has 0 aromatic heterocycles. The molecule has 0 saturated carbocycles. The van der Waals surface area contributed by atoms with Gasteiger partial charge in [-0.3, -0.25) is 4.79 Å². The molecule has 1 amide bonds. The molecule has 4 heteroatoms. The second kappa shape index (κ2) is 9.03. The van der Waals surface area contributed by atoms with Crippen LogP contribution in [0, 0.1) is 0 Å². The Morgan fingerprint density at radius 2 is 1.57 bits per heavy atom. The van der Waals surface area contributed by atoms with Crippen molar-refractivity contribution >= 4 is 16.7 Å². The highest BCUT2D eigenvalue weighted by molar-refractivity contribution is 5.85. The summed E-state index contributed by atoms with van der Waals surface area (Å²) < 4.78 is 11.4. The van der Waals surface area contributed by atoms with Gasteiger partial charge in [-0.05, 0) is 41.5 Å². The zero-order valence-electron chi connectivity index (χ0n) is 13.9. The molecule has 1 N–H and O–H groups in total. The molecule has 4 nitrogen and oxygen atoms in total. The van der Waals surface area contributed by atoms with Gasteiger partial charge in [0.05, 0.1) is 13.2 Å². The lowest BCUT2D eigenvalue weighted by Gasteiger charge is -2.09. The Morgan fingerprint density at radius 3 is 2.13 bits per heavy atom. The van der Waals surface area contributed by atoms with Crippen molar-refractivity contribution in [2.24, 2.45) is 0 Å². The third-order valence-electron chi connectivity index (χ3n) is 3.54. The molecular formula is C19H25NO3. The number of hydrogen-bond donors (Lipinski definition) is 1. The van der Waals surface area contributed by atoms with E-state index in [9.17, 15) is 4.79 Å². The van der Waals surface area contributed by atoms with E-state index in [4.69, 9.17) is 9.47 Å². The summed E-state index contributed by atoms with van der Waals surface area (Å²) in [4.78, 5) is 10.8. The third-order valence-corrected chi connectivity index (χ3v) is 3.54. The lowest BCUT2D eigenvalue weighted by molar-refractivity contribution is -0.119. The highest BCUT2D eigenvalue weighted by Crippen LogP contribution is 2.25. The molecule has 23 heavy (non-hydrogen) atoms. The number of hydrogen-bond acceptors (Lipinski definition) is 3. The third kappa shape index (κ3) is 5.81. The van der Waals surface area contributed by atoms with Crippen LogP contribution < -0.4 is 14.8 Å². The van der Waals surface area contributed by atoms with Crippen molar-refractivity contribution in [2.45, 2.75) is 33.1 Å². The molecule has 0 radical (unpaired) electrons. The van der Waals surface area contributed by atoms with Gasteiger partial charge in [-0.15, -0.1) is 0 Å². The molecule has 0 unspecified atom stereocenters. The van der Waals surface area contributed by atoms with Crippen LogP contribution in [0.5, 0.6) is 11.5 Å². The van der Waals surface area contributed by atoms with Crippen LogP contribution in [0.1, 0.15) is 33.1 Å². The van der Waals surface area contributed by atoms with E-state index in [-0.39, 0.29) is 5.91 Å². The Morgan fingerprint density at radius 1 is 0.957 bits per heavy atom. The molecule has 2 rings (SSSR count). The number of rotatable bonds is 9. The normalized spacial score (nSPS) is 10.5. The maximum atomic E-state index is 10.8. The molecular weight excluding hydrogens is 290 g/mol. The van der Waals surface area contributed by atoms with Gasteiger partial charge in [-0.25, -0.2) is 0 Å². The molecule has 0 aliphatic rings. The van der Waals surface area contributed by atoms with Gasteiger partial charge in [0, 0.05) is 6.92 Å². The summed E-state index contributed by atoms with van der Waals surface area (Å²) in [5.41, 5.74) is 0. The van der Waals surface area contributed by atoms with Crippen LogP contribution in [0.4, 0.5) is 0 Å². The summed E-state index contributed by atoms with van der Waals surface area (Å²) >= 11 is 0. The maximum absolute atomic E-state index is 10.8. The summed E-state index contributed by atoms with van der Waals surface area (Å²) in [5, 5.41) is 4.95. The number of fused-ring (bicyclic) bond motifs is 1. The monoisotopic (exact) mass is 315 g/mol. The van der Waals surface area contributed by atoms with Gasteiger partial charge in [0.1, 0.15) is 18.1 Å². The molecule has 124 valence electrons. The summed E-state index contributed by atoms with van der Waals surface area (Å²) in [6, 6.07) is 12.1. The van der Waals surface area contributed by atoms with Crippen LogP contribution in [0.3, 0.4) is 0 Å². The summed E-state index contributed by atoms with van der Waals surface area (Å²) in [7, 11) is 0. The van der Waals surface area contributed by atoms with E-state index < -0.39 is 0 Å². The Labute approximate surface area is 137 Å². The van der Waals surface area contributed by atoms with Crippen molar-refractivity contribution in [3.05, 3.63) is 36.4 Å². The molecule has 0 spiro atoms. The predicted molar refractivity (Wildman–Crippen MR) is 93.1 cm³/mol. The molecule has 0 fully saturated rings. The Hall–Kier alpha value is -2.23. The smallest absolute Gasteiger partial charge is 0.216 e. The number of amides is 1. The number of nitrogens with one attached hydrogen (secondary N) is 1. The van der Waals surface area contributed by atoms with E-state index in [2.05, 4.69) is 18.3 Å². The highest BCUT2D eigenvalue weighted by atomic mass is 16.5. The topological polar surface area (TPSA) is 47.6 Å². The molecule has 0 atom stereocenters. The molecule has 0 saturated heterocycles. The summed E-state index contributed by atoms with van der Waals surface area (Å²) in [6.45, 7) is 5.43. The number of unbranched alkanes of at least 4 members (excludes halogenated alkanes) is 2. The predicted octanol–water partition coefficient (Wildman–Crippen LogP) is 3.92. The molecule has 0 aliphatic carbocycles. The Kier molecular flexibility index (Phi) is 6.73. The second-order valence-corrected chi connectivity index (χ2v) is 5.56. The second-order valence-electron chi connectivity index (χ2n) is 5.56. The Bertz CT molecular complexity index is 640. The first-order chi connectivity index (χ1) is 11.2. The van der Waals surface area contributed by atoms with E-state index >= 15 is 0 Å². The van der Waals surface area contributed by atoms with Crippen molar-refractivity contribution in [3.8, 4) is 11.5 Å². The lowest BCUT2D eigenvalue weighted by atomic mass is 10.1. The van der Waals surface area contributed by atoms with Crippen LogP contribution >= 0.6 is 0 Å². The van der Waals surface area contributed by atoms with E-state index in [0.717, 1.165) is 35.3 Å². The van der Waals surface area contributed by atoms with Crippen molar-refractivity contribution in [1.82, 2.24) is 5.32 Å². The zero-order valence-corrected chi connectivity index (χ0v) is 13.9. The fourth-order valence-electron chi connectivity index (χ4n) is 2.32. The quantitative estimate of drug-likeness (QED) is 0.713. The van der Waals surface area contributed by atoms with Gasteiger partial charge in [-0.1, -0.05) is 31.9 Å². The molecule has 0 heterocycles. The fraction of sp³-hybridized carbons (Fsp3) is 0.421. The van der Waals surface area contributed by atoms with Crippen LogP contribution in [-0.2, 0) is 4.79 Å². The number of carbonyl (C=O) groups excluding carboxylic acids is 1. The molecule has 2 aromatic rings. The lowest BCUT2D eigenvalue weighted by Crippen LogP contribution is -2.25. The first kappa shape index (κ1) is 17.1. The van der Waals surface area contributed by atoms with Gasteiger partial charge in [0.25, 0.3) is 0 Å². The van der Waals surface area contributed by atoms with Crippen molar-refractivity contribution < 1.29 is 14.3 Å². The van der Waals surface area contributed by atoms with Gasteiger partial charge in [0.2, 0.25) is 5.91 Å². The van der Waals surface area contributed by atoms with Gasteiger partial charge < -0.3 is 14.8 Å².